The number of unbranched alkanes of at least 4 members (excludes halogenated alkanes) is 2. The molecule has 0 heterocycles. The van der Waals surface area contributed by atoms with Crippen molar-refractivity contribution in [1.82, 2.24) is 0 Å². The van der Waals surface area contributed by atoms with Crippen LogP contribution in [-0.4, -0.2) is 13.2 Å². The molecule has 2 nitrogen and oxygen atoms in total. The number of rotatable bonds is 8. The van der Waals surface area contributed by atoms with Crippen LogP contribution in [0.2, 0.25) is 0 Å². The fourth-order valence-corrected chi connectivity index (χ4v) is 2.12. The maximum atomic E-state index is 5.83. The minimum absolute atomic E-state index is 0.724. The van der Waals surface area contributed by atoms with Gasteiger partial charge in [0.1, 0.15) is 5.75 Å². The molecule has 1 aromatic rings. The highest BCUT2D eigenvalue weighted by Crippen LogP contribution is 2.24. The molecule has 0 fully saturated rings. The molecule has 0 spiro atoms. The van der Waals surface area contributed by atoms with Crippen molar-refractivity contribution in [3.63, 3.8) is 0 Å². The highest BCUT2D eigenvalue weighted by molar-refractivity contribution is 9.10. The molecule has 1 rings (SSSR count). The molecule has 0 aliphatic heterocycles. The standard InChI is InChI=1S/C14H22BrNO/c1-2-3-4-10-17-14-8-7-13(15)11-12(14)6-5-9-16/h7-8,11H,2-6,9-10,16H2,1H3. The Morgan fingerprint density at radius 3 is 2.76 bits per heavy atom. The predicted octanol–water partition coefficient (Wildman–Crippen LogP) is 3.91. The molecule has 0 aromatic heterocycles. The quantitative estimate of drug-likeness (QED) is 0.739. The summed E-state index contributed by atoms with van der Waals surface area (Å²) in [5.74, 6) is 1.01. The molecule has 0 bridgehead atoms. The Balaban J connectivity index is 2.55. The van der Waals surface area contributed by atoms with Crippen LogP contribution < -0.4 is 10.5 Å². The highest BCUT2D eigenvalue weighted by atomic mass is 79.9. The van der Waals surface area contributed by atoms with Crippen molar-refractivity contribution in [2.45, 2.75) is 39.0 Å². The second-order valence-electron chi connectivity index (χ2n) is 4.20. The SMILES string of the molecule is CCCCCOc1ccc(Br)cc1CCCN. The largest absolute Gasteiger partial charge is 0.493 e. The Kier molecular flexibility index (Phi) is 7.29. The van der Waals surface area contributed by atoms with Crippen molar-refractivity contribution in [2.24, 2.45) is 5.73 Å². The van der Waals surface area contributed by atoms with Crippen molar-refractivity contribution in [3.8, 4) is 5.75 Å². The van der Waals surface area contributed by atoms with Gasteiger partial charge in [-0.25, -0.2) is 0 Å². The summed E-state index contributed by atoms with van der Waals surface area (Å²) in [7, 11) is 0. The van der Waals surface area contributed by atoms with Gasteiger partial charge in [-0.3, -0.25) is 0 Å². The molecule has 0 aliphatic carbocycles. The van der Waals surface area contributed by atoms with Crippen molar-refractivity contribution in [2.75, 3.05) is 13.2 Å². The summed E-state index contributed by atoms with van der Waals surface area (Å²) >= 11 is 3.49. The Labute approximate surface area is 113 Å². The van der Waals surface area contributed by atoms with Crippen molar-refractivity contribution < 1.29 is 4.74 Å². The average Bonchev–Trinajstić information content (AvgIpc) is 2.34. The number of hydrogen-bond acceptors (Lipinski definition) is 2. The number of benzene rings is 1. The summed E-state index contributed by atoms with van der Waals surface area (Å²) < 4.78 is 6.93. The van der Waals surface area contributed by atoms with E-state index in [9.17, 15) is 0 Å². The van der Waals surface area contributed by atoms with Crippen LogP contribution >= 0.6 is 15.9 Å². The van der Waals surface area contributed by atoms with Gasteiger partial charge in [-0.2, -0.15) is 0 Å². The molecule has 0 amide bonds. The number of ether oxygens (including phenoxy) is 1. The fraction of sp³-hybridized carbons (Fsp3) is 0.571. The van der Waals surface area contributed by atoms with Crippen LogP contribution in [0.15, 0.2) is 22.7 Å². The molecule has 3 heteroatoms. The first-order valence-corrected chi connectivity index (χ1v) is 7.18. The molecule has 0 saturated carbocycles. The zero-order chi connectivity index (χ0) is 12.5. The fourth-order valence-electron chi connectivity index (χ4n) is 1.71. The maximum Gasteiger partial charge on any atom is 0.122 e. The molecule has 1 aromatic carbocycles. The van der Waals surface area contributed by atoms with Crippen LogP contribution in [-0.2, 0) is 6.42 Å². The molecule has 17 heavy (non-hydrogen) atoms. The van der Waals surface area contributed by atoms with Gasteiger partial charge in [0.05, 0.1) is 6.61 Å². The zero-order valence-corrected chi connectivity index (χ0v) is 12.1. The Morgan fingerprint density at radius 1 is 1.24 bits per heavy atom. The lowest BCUT2D eigenvalue weighted by Gasteiger charge is -2.11. The molecule has 0 radical (unpaired) electrons. The number of hydrogen-bond donors (Lipinski definition) is 1. The number of nitrogens with two attached hydrogens (primary N) is 1. The van der Waals surface area contributed by atoms with Crippen LogP contribution in [0, 0.1) is 0 Å². The first-order chi connectivity index (χ1) is 8.27. The van der Waals surface area contributed by atoms with Crippen LogP contribution in [0.1, 0.15) is 38.2 Å². The van der Waals surface area contributed by atoms with Crippen molar-refractivity contribution >= 4 is 15.9 Å². The van der Waals surface area contributed by atoms with E-state index in [2.05, 4.69) is 28.9 Å². The van der Waals surface area contributed by atoms with E-state index in [0.29, 0.717) is 0 Å². The van der Waals surface area contributed by atoms with E-state index in [1.165, 1.54) is 18.4 Å². The third kappa shape index (κ3) is 5.55. The van der Waals surface area contributed by atoms with E-state index < -0.39 is 0 Å². The summed E-state index contributed by atoms with van der Waals surface area (Å²) in [5.41, 5.74) is 6.80. The highest BCUT2D eigenvalue weighted by Gasteiger charge is 2.04. The van der Waals surface area contributed by atoms with Crippen LogP contribution in [0.4, 0.5) is 0 Å². The Morgan fingerprint density at radius 2 is 2.06 bits per heavy atom. The summed E-state index contributed by atoms with van der Waals surface area (Å²) in [6, 6.07) is 6.20. The molecule has 0 unspecified atom stereocenters. The molecule has 0 atom stereocenters. The van der Waals surface area contributed by atoms with Gasteiger partial charge in [0.2, 0.25) is 0 Å². The van der Waals surface area contributed by atoms with Crippen LogP contribution in [0.5, 0.6) is 5.75 Å². The zero-order valence-electron chi connectivity index (χ0n) is 10.5. The summed E-state index contributed by atoms with van der Waals surface area (Å²) in [6.45, 7) is 3.74. The monoisotopic (exact) mass is 299 g/mol. The van der Waals surface area contributed by atoms with Gasteiger partial charge >= 0.3 is 0 Å². The van der Waals surface area contributed by atoms with E-state index in [0.717, 1.165) is 42.6 Å². The maximum absolute atomic E-state index is 5.83. The van der Waals surface area contributed by atoms with Gasteiger partial charge < -0.3 is 10.5 Å². The third-order valence-electron chi connectivity index (χ3n) is 2.68. The lowest BCUT2D eigenvalue weighted by Crippen LogP contribution is -2.04. The van der Waals surface area contributed by atoms with E-state index in [-0.39, 0.29) is 0 Å². The van der Waals surface area contributed by atoms with Crippen molar-refractivity contribution in [1.29, 1.82) is 0 Å². The average molecular weight is 300 g/mol. The molecule has 0 aliphatic rings. The summed E-state index contributed by atoms with van der Waals surface area (Å²) in [4.78, 5) is 0. The summed E-state index contributed by atoms with van der Waals surface area (Å²) in [5, 5.41) is 0. The summed E-state index contributed by atoms with van der Waals surface area (Å²) in [6.07, 6.45) is 5.57. The smallest absolute Gasteiger partial charge is 0.122 e. The normalized spacial score (nSPS) is 10.5. The second kappa shape index (κ2) is 8.54. The minimum Gasteiger partial charge on any atom is -0.493 e. The molecule has 2 N–H and O–H groups in total. The lowest BCUT2D eigenvalue weighted by atomic mass is 10.1. The number of aryl methyl sites for hydroxylation is 1. The molecular weight excluding hydrogens is 278 g/mol. The van der Waals surface area contributed by atoms with Gasteiger partial charge in [0.25, 0.3) is 0 Å². The van der Waals surface area contributed by atoms with Gasteiger partial charge in [0, 0.05) is 4.47 Å². The number of halogens is 1. The molecule has 0 saturated heterocycles. The van der Waals surface area contributed by atoms with Crippen LogP contribution in [0.3, 0.4) is 0 Å². The first-order valence-electron chi connectivity index (χ1n) is 6.39. The molecule has 96 valence electrons. The Bertz CT molecular complexity index is 328. The van der Waals surface area contributed by atoms with E-state index in [4.69, 9.17) is 10.5 Å². The van der Waals surface area contributed by atoms with Gasteiger partial charge in [-0.05, 0) is 49.6 Å². The topological polar surface area (TPSA) is 35.2 Å². The van der Waals surface area contributed by atoms with E-state index in [1.54, 1.807) is 0 Å². The first kappa shape index (κ1) is 14.5. The van der Waals surface area contributed by atoms with Gasteiger partial charge in [-0.15, -0.1) is 0 Å². The predicted molar refractivity (Wildman–Crippen MR) is 76.5 cm³/mol. The lowest BCUT2D eigenvalue weighted by molar-refractivity contribution is 0.303. The van der Waals surface area contributed by atoms with Crippen molar-refractivity contribution in [3.05, 3.63) is 28.2 Å². The molecular formula is C14H22BrNO. The van der Waals surface area contributed by atoms with Gasteiger partial charge in [0.15, 0.2) is 0 Å². The third-order valence-corrected chi connectivity index (χ3v) is 3.17. The van der Waals surface area contributed by atoms with E-state index in [1.807, 2.05) is 12.1 Å². The minimum atomic E-state index is 0.724. The van der Waals surface area contributed by atoms with Gasteiger partial charge in [-0.1, -0.05) is 35.7 Å². The van der Waals surface area contributed by atoms with Crippen LogP contribution in [0.25, 0.3) is 0 Å². The second-order valence-corrected chi connectivity index (χ2v) is 5.12. The van der Waals surface area contributed by atoms with E-state index >= 15 is 0 Å². The Hall–Kier alpha value is -0.540.